The third-order valence-electron chi connectivity index (χ3n) is 13.5. The molecule has 1 aliphatic rings. The number of pyridine rings is 1. The Morgan fingerprint density at radius 1 is 0.522 bits per heavy atom. The molecule has 0 unspecified atom stereocenters. The molecule has 13 rings (SSSR count). The summed E-state index contributed by atoms with van der Waals surface area (Å²) in [6, 6.07) is 62.1. The predicted octanol–water partition coefficient (Wildman–Crippen LogP) is 15.9. The maximum absolute atomic E-state index is 9.37. The molecular weight excluding hydrogens is 841 g/mol. The number of hydrogen-bond donors (Lipinski definition) is 0. The van der Waals surface area contributed by atoms with E-state index in [1.807, 2.05) is 100 Å². The molecule has 0 N–H and O–H groups in total. The molecule has 328 valence electrons. The molecule has 0 saturated carbocycles. The highest BCUT2D eigenvalue weighted by atomic mass is 16.5. The molecule has 3 heterocycles. The van der Waals surface area contributed by atoms with Crippen LogP contribution in [0.15, 0.2) is 224 Å². The number of ether oxygens (including phenoxy) is 1. The molecule has 5 heteroatoms. The van der Waals surface area contributed by atoms with E-state index in [1.165, 1.54) is 5.56 Å². The lowest BCUT2D eigenvalue weighted by Crippen LogP contribution is -2.32. The topological polar surface area (TPSA) is 35.9 Å². The largest absolute Gasteiger partial charge is 0.458 e. The second-order valence-electron chi connectivity index (χ2n) is 18.6. The molecule has 0 bridgehead atoms. The predicted molar refractivity (Wildman–Crippen MR) is 282 cm³/mol. The molecule has 0 fully saturated rings. The lowest BCUT2D eigenvalue weighted by Gasteiger charge is -2.27. The van der Waals surface area contributed by atoms with Crippen LogP contribution in [0.1, 0.15) is 33.2 Å². The van der Waals surface area contributed by atoms with E-state index >= 15 is 0 Å². The van der Waals surface area contributed by atoms with Gasteiger partial charge in [-0.25, -0.2) is 4.98 Å². The van der Waals surface area contributed by atoms with E-state index in [2.05, 4.69) is 135 Å². The van der Waals surface area contributed by atoms with Crippen molar-refractivity contribution in [2.45, 2.75) is 26.2 Å². The van der Waals surface area contributed by atoms with Crippen LogP contribution in [-0.2, 0) is 5.41 Å². The second kappa shape index (κ2) is 15.9. The summed E-state index contributed by atoms with van der Waals surface area (Å²) >= 11 is 0. The second-order valence-corrected chi connectivity index (χ2v) is 18.6. The number of imidazole rings is 1. The van der Waals surface area contributed by atoms with Gasteiger partial charge in [0.25, 0.3) is 6.33 Å². The van der Waals surface area contributed by atoms with Crippen LogP contribution >= 0.6 is 0 Å². The average molecular weight is 892 g/mol. The van der Waals surface area contributed by atoms with Crippen molar-refractivity contribution in [1.29, 1.82) is 0 Å². The number of nitrogens with zero attached hydrogens (tertiary/aromatic N) is 4. The van der Waals surface area contributed by atoms with Crippen molar-refractivity contribution in [3.8, 4) is 84.3 Å². The fourth-order valence-electron chi connectivity index (χ4n) is 10.3. The van der Waals surface area contributed by atoms with Gasteiger partial charge in [0.05, 0.1) is 40.3 Å². The first-order valence-electron chi connectivity index (χ1n) is 25.7. The van der Waals surface area contributed by atoms with Crippen molar-refractivity contribution in [2.24, 2.45) is 0 Å². The van der Waals surface area contributed by atoms with Crippen molar-refractivity contribution in [3.05, 3.63) is 236 Å². The molecule has 69 heavy (non-hydrogen) atoms. The molecular formula is C64H46N4O. The van der Waals surface area contributed by atoms with Crippen LogP contribution in [0.25, 0.3) is 106 Å². The van der Waals surface area contributed by atoms with Crippen LogP contribution in [0.5, 0.6) is 11.5 Å². The highest BCUT2D eigenvalue weighted by Gasteiger charge is 2.28. The van der Waals surface area contributed by atoms with Crippen LogP contribution in [0.2, 0.25) is 0 Å². The quantitative estimate of drug-likeness (QED) is 0.123. The fourth-order valence-corrected chi connectivity index (χ4v) is 10.3. The van der Waals surface area contributed by atoms with E-state index in [0.29, 0.717) is 22.7 Å². The minimum absolute atomic E-state index is 0.0615. The monoisotopic (exact) mass is 891 g/mol. The molecule has 0 aliphatic heterocycles. The summed E-state index contributed by atoms with van der Waals surface area (Å²) in [6.07, 6.45) is 5.64. The van der Waals surface area contributed by atoms with Crippen molar-refractivity contribution >= 4 is 32.8 Å². The van der Waals surface area contributed by atoms with E-state index in [-0.39, 0.29) is 23.1 Å². The van der Waals surface area contributed by atoms with Gasteiger partial charge in [0.2, 0.25) is 0 Å². The summed E-state index contributed by atoms with van der Waals surface area (Å²) in [5.74, 6) is 2.11. The van der Waals surface area contributed by atoms with E-state index < -0.39 is 18.1 Å². The number of benzene rings is 9. The number of para-hydroxylation sites is 3. The SMILES string of the molecule is [2H]c1c([2H])c([2H])c(-c2ccc3c(c2-[n+]2[c-]n(-c4cccc(Oc5ccc6c7ccccc7n(-c7cc(C(C)(C)C)ccn7)c6c5)c4)c4ccccc42)-c2ccccc2-c2ccccc2-c2ccccc2-3)c([2H])c1[2H]. The van der Waals surface area contributed by atoms with Gasteiger partial charge in [0.15, 0.2) is 0 Å². The minimum atomic E-state index is -0.449. The van der Waals surface area contributed by atoms with E-state index in [4.69, 9.17) is 13.8 Å². The maximum atomic E-state index is 9.37. The summed E-state index contributed by atoms with van der Waals surface area (Å²) in [5.41, 5.74) is 14.6. The number of fused-ring (bicyclic) bond motifs is 12. The molecule has 0 atom stereocenters. The van der Waals surface area contributed by atoms with E-state index in [1.54, 1.807) is 0 Å². The Labute approximate surface area is 408 Å². The molecule has 0 radical (unpaired) electrons. The summed E-state index contributed by atoms with van der Waals surface area (Å²) in [7, 11) is 0. The highest BCUT2D eigenvalue weighted by Crippen LogP contribution is 2.50. The third kappa shape index (κ3) is 6.69. The lowest BCUT2D eigenvalue weighted by molar-refractivity contribution is -0.571. The minimum Gasteiger partial charge on any atom is -0.458 e. The Kier molecular flexibility index (Phi) is 8.17. The summed E-state index contributed by atoms with van der Waals surface area (Å²) in [6.45, 7) is 6.63. The normalized spacial score (nSPS) is 13.0. The average Bonchev–Trinajstić information content (AvgIpc) is 3.98. The first-order chi connectivity index (χ1) is 35.9. The fraction of sp³-hybridized carbons (Fsp3) is 0.0625. The first kappa shape index (κ1) is 35.4. The Balaban J connectivity index is 1.02. The molecule has 1 aliphatic carbocycles. The van der Waals surface area contributed by atoms with Crippen LogP contribution in [-0.4, -0.2) is 14.1 Å². The number of rotatable bonds is 6. The Hall–Kier alpha value is -8.80. The standard InChI is InChI=1S/C64H46N4O/c1-64(2,3)43-36-37-65-61(38-43)68-57-29-14-13-27-53(57)54-33-32-46(40-60(54)68)69-45-21-17-20-44(39-45)66-41-67(59-31-16-15-30-58(59)66)63-47(42-18-5-4-6-19-42)34-35-56-52-26-10-9-24-50(52)48-22-7-8-23-49(48)51-25-11-12-28-55(51)62(56)63/h4-40H,1-3H3/i4D,5D,6D,18D,19D. The van der Waals surface area contributed by atoms with Gasteiger partial charge in [-0.2, -0.15) is 0 Å². The molecule has 0 spiro atoms. The third-order valence-corrected chi connectivity index (χ3v) is 13.5. The van der Waals surface area contributed by atoms with Gasteiger partial charge < -0.3 is 4.74 Å². The first-order valence-corrected chi connectivity index (χ1v) is 23.2. The van der Waals surface area contributed by atoms with Crippen molar-refractivity contribution < 1.29 is 16.2 Å². The zero-order valence-electron chi connectivity index (χ0n) is 43.2. The number of hydrogen-bond acceptors (Lipinski definition) is 2. The van der Waals surface area contributed by atoms with Crippen molar-refractivity contribution in [3.63, 3.8) is 0 Å². The molecule has 12 aromatic rings. The lowest BCUT2D eigenvalue weighted by atomic mass is 9.79. The summed E-state index contributed by atoms with van der Waals surface area (Å²) < 4.78 is 58.0. The molecule has 3 aromatic heterocycles. The Morgan fingerprint density at radius 3 is 1.87 bits per heavy atom. The smallest absolute Gasteiger partial charge is 0.269 e. The van der Waals surface area contributed by atoms with E-state index in [0.717, 1.165) is 88.9 Å². The highest BCUT2D eigenvalue weighted by molar-refractivity contribution is 6.10. The zero-order valence-corrected chi connectivity index (χ0v) is 38.2. The molecule has 0 amide bonds. The molecule has 0 saturated heterocycles. The molecule has 9 aromatic carbocycles. The van der Waals surface area contributed by atoms with Gasteiger partial charge in [-0.05, 0) is 110 Å². The number of aromatic nitrogens is 4. The summed E-state index contributed by atoms with van der Waals surface area (Å²) in [4.78, 5) is 4.88. The van der Waals surface area contributed by atoms with Gasteiger partial charge in [0, 0.05) is 28.6 Å². The van der Waals surface area contributed by atoms with Gasteiger partial charge >= 0.3 is 0 Å². The van der Waals surface area contributed by atoms with Crippen molar-refractivity contribution in [2.75, 3.05) is 0 Å². The molecule has 5 nitrogen and oxygen atoms in total. The van der Waals surface area contributed by atoms with Crippen molar-refractivity contribution in [1.82, 2.24) is 14.1 Å². The van der Waals surface area contributed by atoms with Gasteiger partial charge in [-0.1, -0.05) is 184 Å². The van der Waals surface area contributed by atoms with Crippen LogP contribution < -0.4 is 9.30 Å². The van der Waals surface area contributed by atoms with Gasteiger partial charge in [-0.3, -0.25) is 13.7 Å². The van der Waals surface area contributed by atoms with Gasteiger partial charge in [-0.15, -0.1) is 0 Å². The Morgan fingerprint density at radius 2 is 1.13 bits per heavy atom. The Bertz CT molecular complexity index is 4260. The summed E-state index contributed by atoms with van der Waals surface area (Å²) in [5, 5.41) is 2.22. The van der Waals surface area contributed by atoms with Gasteiger partial charge in [0.1, 0.15) is 17.3 Å². The van der Waals surface area contributed by atoms with Crippen LogP contribution in [0.4, 0.5) is 0 Å². The van der Waals surface area contributed by atoms with Crippen LogP contribution in [0.3, 0.4) is 0 Å². The van der Waals surface area contributed by atoms with Crippen LogP contribution in [0, 0.1) is 6.33 Å². The maximum Gasteiger partial charge on any atom is 0.269 e. The zero-order chi connectivity index (χ0) is 50.6. The van der Waals surface area contributed by atoms with E-state index in [9.17, 15) is 2.74 Å².